The molecular weight excluding hydrogens is 347 g/mol. The number of hydrogen-bond donors (Lipinski definition) is 2. The number of nitrogens with zero attached hydrogens (tertiary/aromatic N) is 1. The first-order valence-corrected chi connectivity index (χ1v) is 7.82. The first-order chi connectivity index (χ1) is 12.3. The molecule has 138 valence electrons. The summed E-state index contributed by atoms with van der Waals surface area (Å²) in [5, 5.41) is 5.00. The lowest BCUT2D eigenvalue weighted by Crippen LogP contribution is -2.32. The van der Waals surface area contributed by atoms with Gasteiger partial charge in [0.2, 0.25) is 11.8 Å². The Morgan fingerprint density at radius 2 is 1.62 bits per heavy atom. The van der Waals surface area contributed by atoms with E-state index in [1.54, 1.807) is 18.0 Å². The lowest BCUT2D eigenvalue weighted by Gasteiger charge is -2.16. The van der Waals surface area contributed by atoms with Crippen molar-refractivity contribution in [2.45, 2.75) is 6.42 Å². The molecule has 0 atom stereocenters. The third kappa shape index (κ3) is 6.21. The van der Waals surface area contributed by atoms with Gasteiger partial charge in [-0.05, 0) is 37.4 Å². The van der Waals surface area contributed by atoms with Gasteiger partial charge in [-0.2, -0.15) is 0 Å². The molecule has 2 N–H and O–H groups in total. The van der Waals surface area contributed by atoms with E-state index in [4.69, 9.17) is 0 Å². The van der Waals surface area contributed by atoms with E-state index >= 15 is 0 Å². The number of amides is 2. The van der Waals surface area contributed by atoms with Crippen LogP contribution >= 0.6 is 0 Å². The fourth-order valence-corrected chi connectivity index (χ4v) is 2.18. The highest BCUT2D eigenvalue weighted by Crippen LogP contribution is 2.13. The number of rotatable bonds is 7. The number of benzene rings is 2. The van der Waals surface area contributed by atoms with E-state index in [0.29, 0.717) is 5.69 Å². The van der Waals surface area contributed by atoms with Gasteiger partial charge in [-0.3, -0.25) is 14.5 Å². The van der Waals surface area contributed by atoms with E-state index in [0.717, 1.165) is 12.1 Å². The monoisotopic (exact) mass is 365 g/mol. The standard InChI is InChI=1S/C18H18F3N3O2/c1-24(11-18(26)23-13-4-2-3-12(19)9-13)8-7-17(25)22-14-5-6-15(20)16(21)10-14/h2-6,9-10H,7-8,11H2,1H3,(H,22,25)(H,23,26). The molecule has 2 rings (SSSR count). The molecule has 2 amide bonds. The molecule has 0 aliphatic carbocycles. The van der Waals surface area contributed by atoms with E-state index in [9.17, 15) is 22.8 Å². The fourth-order valence-electron chi connectivity index (χ4n) is 2.18. The molecule has 0 saturated carbocycles. The largest absolute Gasteiger partial charge is 0.326 e. The minimum absolute atomic E-state index is 0.00890. The average molecular weight is 365 g/mol. The van der Waals surface area contributed by atoms with Crippen molar-refractivity contribution < 1.29 is 22.8 Å². The van der Waals surface area contributed by atoms with Gasteiger partial charge in [-0.1, -0.05) is 6.07 Å². The van der Waals surface area contributed by atoms with Crippen LogP contribution in [0.3, 0.4) is 0 Å². The van der Waals surface area contributed by atoms with E-state index in [1.165, 1.54) is 24.3 Å². The molecule has 0 spiro atoms. The topological polar surface area (TPSA) is 61.4 Å². The molecule has 8 heteroatoms. The highest BCUT2D eigenvalue weighted by atomic mass is 19.2. The number of likely N-dealkylation sites (N-methyl/N-ethyl adjacent to an activating group) is 1. The van der Waals surface area contributed by atoms with Crippen molar-refractivity contribution in [1.29, 1.82) is 0 Å². The molecule has 0 aromatic heterocycles. The Kier molecular flexibility index (Phi) is 6.74. The van der Waals surface area contributed by atoms with Crippen molar-refractivity contribution in [3.8, 4) is 0 Å². The summed E-state index contributed by atoms with van der Waals surface area (Å²) in [6.45, 7) is 0.279. The van der Waals surface area contributed by atoms with E-state index in [-0.39, 0.29) is 31.1 Å². The molecular formula is C18H18F3N3O2. The van der Waals surface area contributed by atoms with Crippen LogP contribution in [0.25, 0.3) is 0 Å². The van der Waals surface area contributed by atoms with Gasteiger partial charge in [0.25, 0.3) is 0 Å². The molecule has 0 heterocycles. The lowest BCUT2D eigenvalue weighted by atomic mass is 10.2. The van der Waals surface area contributed by atoms with Crippen molar-refractivity contribution in [3.63, 3.8) is 0 Å². The maximum absolute atomic E-state index is 13.1. The zero-order valence-electron chi connectivity index (χ0n) is 14.1. The quantitative estimate of drug-likeness (QED) is 0.793. The fraction of sp³-hybridized carbons (Fsp3) is 0.222. The molecule has 2 aromatic rings. The summed E-state index contributed by atoms with van der Waals surface area (Å²) in [6, 6.07) is 8.59. The zero-order valence-corrected chi connectivity index (χ0v) is 14.1. The lowest BCUT2D eigenvalue weighted by molar-refractivity contribution is -0.119. The minimum Gasteiger partial charge on any atom is -0.326 e. The van der Waals surface area contributed by atoms with Crippen LogP contribution in [0.4, 0.5) is 24.5 Å². The zero-order chi connectivity index (χ0) is 19.1. The maximum atomic E-state index is 13.1. The summed E-state index contributed by atoms with van der Waals surface area (Å²) in [7, 11) is 1.65. The molecule has 5 nitrogen and oxygen atoms in total. The normalized spacial score (nSPS) is 10.7. The van der Waals surface area contributed by atoms with E-state index < -0.39 is 23.4 Å². The minimum atomic E-state index is -1.05. The first-order valence-electron chi connectivity index (χ1n) is 7.82. The van der Waals surface area contributed by atoms with Crippen molar-refractivity contribution in [3.05, 3.63) is 59.9 Å². The van der Waals surface area contributed by atoms with Gasteiger partial charge >= 0.3 is 0 Å². The van der Waals surface area contributed by atoms with Crippen LogP contribution in [0.1, 0.15) is 6.42 Å². The molecule has 0 bridgehead atoms. The molecule has 0 unspecified atom stereocenters. The average Bonchev–Trinajstić information content (AvgIpc) is 2.56. The summed E-state index contributed by atoms with van der Waals surface area (Å²) < 4.78 is 39.0. The molecule has 0 saturated heterocycles. The van der Waals surface area contributed by atoms with Crippen LogP contribution in [0, 0.1) is 17.5 Å². The third-order valence-corrected chi connectivity index (χ3v) is 3.45. The highest BCUT2D eigenvalue weighted by molar-refractivity contribution is 5.92. The number of carbonyl (C=O) groups is 2. The molecule has 0 radical (unpaired) electrons. The van der Waals surface area contributed by atoms with Crippen molar-refractivity contribution in [2.24, 2.45) is 0 Å². The third-order valence-electron chi connectivity index (χ3n) is 3.45. The van der Waals surface area contributed by atoms with Crippen LogP contribution in [0.5, 0.6) is 0 Å². The second-order valence-electron chi connectivity index (χ2n) is 5.72. The van der Waals surface area contributed by atoms with Gasteiger partial charge in [0, 0.05) is 30.4 Å². The van der Waals surface area contributed by atoms with Crippen molar-refractivity contribution in [1.82, 2.24) is 4.90 Å². The van der Waals surface area contributed by atoms with E-state index in [2.05, 4.69) is 10.6 Å². The SMILES string of the molecule is CN(CCC(=O)Nc1ccc(F)c(F)c1)CC(=O)Nc1cccc(F)c1. The summed E-state index contributed by atoms with van der Waals surface area (Å²) in [5.74, 6) is -3.24. The Morgan fingerprint density at radius 3 is 2.31 bits per heavy atom. The number of nitrogens with one attached hydrogen (secondary N) is 2. The Hall–Kier alpha value is -2.87. The predicted octanol–water partition coefficient (Wildman–Crippen LogP) is 3.00. The van der Waals surface area contributed by atoms with Crippen LogP contribution < -0.4 is 10.6 Å². The number of hydrogen-bond acceptors (Lipinski definition) is 3. The van der Waals surface area contributed by atoms with Gasteiger partial charge in [-0.25, -0.2) is 13.2 Å². The Labute approximate surface area is 148 Å². The summed E-state index contributed by atoms with van der Waals surface area (Å²) >= 11 is 0. The van der Waals surface area contributed by atoms with Gasteiger partial charge in [0.05, 0.1) is 6.54 Å². The molecule has 2 aromatic carbocycles. The first kappa shape index (κ1) is 19.5. The number of halogens is 3. The van der Waals surface area contributed by atoms with Gasteiger partial charge < -0.3 is 10.6 Å². The second-order valence-corrected chi connectivity index (χ2v) is 5.72. The molecule has 0 fully saturated rings. The van der Waals surface area contributed by atoms with Crippen LogP contribution in [-0.4, -0.2) is 36.9 Å². The maximum Gasteiger partial charge on any atom is 0.238 e. The Morgan fingerprint density at radius 1 is 0.923 bits per heavy atom. The smallest absolute Gasteiger partial charge is 0.238 e. The highest BCUT2D eigenvalue weighted by Gasteiger charge is 2.11. The predicted molar refractivity (Wildman–Crippen MR) is 92.1 cm³/mol. The van der Waals surface area contributed by atoms with Crippen molar-refractivity contribution >= 4 is 23.2 Å². The summed E-state index contributed by atoms with van der Waals surface area (Å²) in [4.78, 5) is 25.3. The van der Waals surface area contributed by atoms with Crippen LogP contribution in [0.15, 0.2) is 42.5 Å². The Balaban J connectivity index is 1.75. The molecule has 0 aliphatic heterocycles. The second kappa shape index (κ2) is 9.00. The van der Waals surface area contributed by atoms with Crippen molar-refractivity contribution in [2.75, 3.05) is 30.8 Å². The van der Waals surface area contributed by atoms with Crippen LogP contribution in [-0.2, 0) is 9.59 Å². The van der Waals surface area contributed by atoms with Crippen LogP contribution in [0.2, 0.25) is 0 Å². The van der Waals surface area contributed by atoms with Gasteiger partial charge in [-0.15, -0.1) is 0 Å². The Bertz CT molecular complexity index is 799. The van der Waals surface area contributed by atoms with Gasteiger partial charge in [0.1, 0.15) is 5.82 Å². The summed E-state index contributed by atoms with van der Waals surface area (Å²) in [6.07, 6.45) is 0.0583. The van der Waals surface area contributed by atoms with E-state index in [1.807, 2.05) is 0 Å². The summed E-state index contributed by atoms with van der Waals surface area (Å²) in [5.41, 5.74) is 0.500. The number of anilines is 2. The van der Waals surface area contributed by atoms with Gasteiger partial charge in [0.15, 0.2) is 11.6 Å². The number of carbonyl (C=O) groups excluding carboxylic acids is 2. The molecule has 0 aliphatic rings. The molecule has 26 heavy (non-hydrogen) atoms.